The molecule has 1 aromatic rings. The Morgan fingerprint density at radius 3 is 1.48 bits per heavy atom. The van der Waals surface area contributed by atoms with Gasteiger partial charge in [-0.25, -0.2) is 4.98 Å². The zero-order valence-electron chi connectivity index (χ0n) is 37.8. The molecule has 7 nitrogen and oxygen atoms in total. The smallest absolute Gasteiger partial charge is 0.306 e. The Morgan fingerprint density at radius 1 is 0.554 bits per heavy atom. The first-order chi connectivity index (χ1) is 27.5. The predicted molar refractivity (Wildman–Crippen MR) is 238 cm³/mol. The fourth-order valence-corrected chi connectivity index (χ4v) is 7.84. The van der Waals surface area contributed by atoms with Crippen LogP contribution in [0.25, 0.3) is 0 Å². The van der Waals surface area contributed by atoms with Crippen molar-refractivity contribution in [2.45, 2.75) is 259 Å². The standard InChI is InChI=1S/C49H93N3O4/c1-5-8-11-14-17-26-33-45-55-48(53)37-29-22-18-24-31-40-51(42-34-43-52-44-39-50-46(52)4)41-32-25-19-23-30-38-49(54)56-47(35-27-20-15-12-9-6-2)36-28-21-16-13-10-7-3/h39,44,47H,5-38,40-43,45H2,1-4H3. The lowest BCUT2D eigenvalue weighted by Crippen LogP contribution is -2.28. The molecule has 0 aliphatic rings. The van der Waals surface area contributed by atoms with Crippen LogP contribution < -0.4 is 0 Å². The van der Waals surface area contributed by atoms with Crippen LogP contribution in [0.2, 0.25) is 0 Å². The van der Waals surface area contributed by atoms with E-state index in [2.05, 4.69) is 48.3 Å². The molecule has 0 amide bonds. The van der Waals surface area contributed by atoms with E-state index in [0.29, 0.717) is 19.4 Å². The van der Waals surface area contributed by atoms with Crippen molar-refractivity contribution in [1.82, 2.24) is 14.5 Å². The largest absolute Gasteiger partial charge is 0.466 e. The first-order valence-corrected chi connectivity index (χ1v) is 24.5. The molecule has 56 heavy (non-hydrogen) atoms. The van der Waals surface area contributed by atoms with Crippen molar-refractivity contribution in [1.29, 1.82) is 0 Å². The Bertz CT molecular complexity index is 982. The summed E-state index contributed by atoms with van der Waals surface area (Å²) in [6.07, 6.45) is 44.0. The summed E-state index contributed by atoms with van der Waals surface area (Å²) in [6, 6.07) is 0. The molecule has 7 heteroatoms. The predicted octanol–water partition coefficient (Wildman–Crippen LogP) is 14.3. The Balaban J connectivity index is 2.28. The number of carbonyl (C=O) groups excluding carboxylic acids is 2. The first-order valence-electron chi connectivity index (χ1n) is 24.5. The lowest BCUT2D eigenvalue weighted by Gasteiger charge is -2.22. The average Bonchev–Trinajstić information content (AvgIpc) is 3.61. The molecule has 0 atom stereocenters. The van der Waals surface area contributed by atoms with Gasteiger partial charge in [0.05, 0.1) is 6.61 Å². The van der Waals surface area contributed by atoms with E-state index in [1.165, 1.54) is 154 Å². The maximum atomic E-state index is 12.8. The molecule has 0 aliphatic carbocycles. The van der Waals surface area contributed by atoms with Gasteiger partial charge in [0.15, 0.2) is 0 Å². The van der Waals surface area contributed by atoms with E-state index in [1.807, 2.05) is 6.20 Å². The molecule has 1 heterocycles. The van der Waals surface area contributed by atoms with Gasteiger partial charge in [0.25, 0.3) is 0 Å². The van der Waals surface area contributed by atoms with E-state index in [9.17, 15) is 9.59 Å². The maximum Gasteiger partial charge on any atom is 0.306 e. The second-order valence-corrected chi connectivity index (χ2v) is 17.0. The highest BCUT2D eigenvalue weighted by Gasteiger charge is 2.14. The molecule has 0 radical (unpaired) electrons. The van der Waals surface area contributed by atoms with Crippen LogP contribution in [-0.4, -0.2) is 58.7 Å². The summed E-state index contributed by atoms with van der Waals surface area (Å²) in [5.74, 6) is 1.11. The van der Waals surface area contributed by atoms with Crippen molar-refractivity contribution in [3.63, 3.8) is 0 Å². The summed E-state index contributed by atoms with van der Waals surface area (Å²) in [5.41, 5.74) is 0. The maximum absolute atomic E-state index is 12.8. The van der Waals surface area contributed by atoms with Gasteiger partial charge < -0.3 is 18.9 Å². The molecule has 0 fully saturated rings. The van der Waals surface area contributed by atoms with Gasteiger partial charge in [-0.2, -0.15) is 0 Å². The number of aromatic nitrogens is 2. The lowest BCUT2D eigenvalue weighted by molar-refractivity contribution is -0.150. The van der Waals surface area contributed by atoms with Crippen molar-refractivity contribution in [2.75, 3.05) is 26.2 Å². The van der Waals surface area contributed by atoms with Crippen LogP contribution in [-0.2, 0) is 25.6 Å². The summed E-state index contributed by atoms with van der Waals surface area (Å²) in [7, 11) is 0. The van der Waals surface area contributed by atoms with Gasteiger partial charge in [-0.05, 0) is 90.8 Å². The summed E-state index contributed by atoms with van der Waals surface area (Å²) >= 11 is 0. The number of rotatable bonds is 43. The zero-order chi connectivity index (χ0) is 40.6. The van der Waals surface area contributed by atoms with Crippen LogP contribution in [0.15, 0.2) is 12.4 Å². The highest BCUT2D eigenvalue weighted by atomic mass is 16.5. The molecular weight excluding hydrogens is 695 g/mol. The van der Waals surface area contributed by atoms with Crippen molar-refractivity contribution in [2.24, 2.45) is 0 Å². The molecule has 328 valence electrons. The summed E-state index contributed by atoms with van der Waals surface area (Å²) in [6.45, 7) is 13.9. The minimum atomic E-state index is -0.0125. The zero-order valence-corrected chi connectivity index (χ0v) is 37.8. The monoisotopic (exact) mass is 788 g/mol. The third-order valence-electron chi connectivity index (χ3n) is 11.6. The SMILES string of the molecule is CCCCCCCCCOC(=O)CCCCCCCN(CCCCCCCC(=O)OC(CCCCCCCC)CCCCCCCC)CCCn1ccnc1C. The Labute approximate surface area is 347 Å². The molecule has 0 aliphatic heterocycles. The number of nitrogens with zero attached hydrogens (tertiary/aromatic N) is 3. The van der Waals surface area contributed by atoms with E-state index >= 15 is 0 Å². The molecular formula is C49H93N3O4. The van der Waals surface area contributed by atoms with Gasteiger partial charge in [-0.3, -0.25) is 9.59 Å². The number of hydrogen-bond donors (Lipinski definition) is 0. The Morgan fingerprint density at radius 2 is 0.982 bits per heavy atom. The molecule has 0 saturated carbocycles. The van der Waals surface area contributed by atoms with Crippen LogP contribution in [0, 0.1) is 6.92 Å². The third kappa shape index (κ3) is 33.1. The van der Waals surface area contributed by atoms with Gasteiger partial charge in [-0.1, -0.05) is 162 Å². The first kappa shape index (κ1) is 52.1. The van der Waals surface area contributed by atoms with Gasteiger partial charge in [0.2, 0.25) is 0 Å². The van der Waals surface area contributed by atoms with E-state index in [0.717, 1.165) is 83.4 Å². The second kappa shape index (κ2) is 39.9. The quantitative estimate of drug-likeness (QED) is 0.0485. The third-order valence-corrected chi connectivity index (χ3v) is 11.6. The van der Waals surface area contributed by atoms with E-state index in [4.69, 9.17) is 9.47 Å². The minimum absolute atomic E-state index is 0.0125. The topological polar surface area (TPSA) is 73.7 Å². The number of hydrogen-bond acceptors (Lipinski definition) is 6. The Hall–Kier alpha value is -1.89. The lowest BCUT2D eigenvalue weighted by atomic mass is 10.0. The molecule has 0 aromatic carbocycles. The highest BCUT2D eigenvalue weighted by molar-refractivity contribution is 5.69. The van der Waals surface area contributed by atoms with Gasteiger partial charge in [-0.15, -0.1) is 0 Å². The van der Waals surface area contributed by atoms with Crippen LogP contribution >= 0.6 is 0 Å². The number of unbranched alkanes of at least 4 members (excludes halogenated alkanes) is 24. The van der Waals surface area contributed by atoms with Gasteiger partial charge in [0, 0.05) is 31.8 Å². The van der Waals surface area contributed by atoms with E-state index < -0.39 is 0 Å². The van der Waals surface area contributed by atoms with Gasteiger partial charge in [0.1, 0.15) is 11.9 Å². The molecule has 0 bridgehead atoms. The van der Waals surface area contributed by atoms with Crippen LogP contribution in [0.4, 0.5) is 0 Å². The van der Waals surface area contributed by atoms with Crippen LogP contribution in [0.5, 0.6) is 0 Å². The van der Waals surface area contributed by atoms with Crippen molar-refractivity contribution in [3.8, 4) is 0 Å². The number of aryl methyl sites for hydroxylation is 2. The fourth-order valence-electron chi connectivity index (χ4n) is 7.84. The number of esters is 2. The normalized spacial score (nSPS) is 11.6. The van der Waals surface area contributed by atoms with E-state index in [-0.39, 0.29) is 18.0 Å². The number of carbonyl (C=O) groups is 2. The van der Waals surface area contributed by atoms with Crippen molar-refractivity contribution < 1.29 is 19.1 Å². The van der Waals surface area contributed by atoms with Crippen LogP contribution in [0.1, 0.15) is 245 Å². The molecule has 0 unspecified atom stereocenters. The summed E-state index contributed by atoms with van der Waals surface area (Å²) in [4.78, 5) is 32.0. The molecule has 0 N–H and O–H groups in total. The summed E-state index contributed by atoms with van der Waals surface area (Å²) in [5, 5.41) is 0. The molecule has 1 rings (SSSR count). The van der Waals surface area contributed by atoms with Gasteiger partial charge >= 0.3 is 11.9 Å². The number of imidazole rings is 1. The van der Waals surface area contributed by atoms with E-state index in [1.54, 1.807) is 0 Å². The average molecular weight is 788 g/mol. The minimum Gasteiger partial charge on any atom is -0.466 e. The van der Waals surface area contributed by atoms with Crippen molar-refractivity contribution in [3.05, 3.63) is 18.2 Å². The fraction of sp³-hybridized carbons (Fsp3) is 0.898. The Kier molecular flexibility index (Phi) is 37.2. The molecule has 1 aromatic heterocycles. The summed E-state index contributed by atoms with van der Waals surface area (Å²) < 4.78 is 13.8. The second-order valence-electron chi connectivity index (χ2n) is 17.0. The highest BCUT2D eigenvalue weighted by Crippen LogP contribution is 2.19. The van der Waals surface area contributed by atoms with Crippen LogP contribution in [0.3, 0.4) is 0 Å². The number of ether oxygens (including phenoxy) is 2. The molecule has 0 spiro atoms. The molecule has 0 saturated heterocycles. The van der Waals surface area contributed by atoms with Crippen molar-refractivity contribution >= 4 is 11.9 Å².